The number of benzene rings is 1. The summed E-state index contributed by atoms with van der Waals surface area (Å²) >= 11 is 0. The lowest BCUT2D eigenvalue weighted by atomic mass is 10.1. The molecule has 2 rings (SSSR count). The van der Waals surface area contributed by atoms with Crippen LogP contribution in [0.15, 0.2) is 47.5 Å². The van der Waals surface area contributed by atoms with E-state index in [4.69, 9.17) is 0 Å². The van der Waals surface area contributed by atoms with Crippen molar-refractivity contribution in [3.8, 4) is 0 Å². The highest BCUT2D eigenvalue weighted by atomic mass is 32.2. The second-order valence-electron chi connectivity index (χ2n) is 6.05. The van der Waals surface area contributed by atoms with Crippen molar-refractivity contribution in [2.24, 2.45) is 0 Å². The highest BCUT2D eigenvalue weighted by molar-refractivity contribution is 7.89. The van der Waals surface area contributed by atoms with Gasteiger partial charge in [-0.25, -0.2) is 13.4 Å². The van der Waals surface area contributed by atoms with E-state index < -0.39 is 21.8 Å². The van der Waals surface area contributed by atoms with Gasteiger partial charge in [-0.05, 0) is 23.8 Å². The Morgan fingerprint density at radius 3 is 2.04 bits per heavy atom. The molecule has 1 N–H and O–H groups in total. The summed E-state index contributed by atoms with van der Waals surface area (Å²) < 4.78 is 64.2. The topological polar surface area (TPSA) is 54.8 Å². The molecule has 0 radical (unpaired) electrons. The normalized spacial score (nSPS) is 12.4. The predicted molar refractivity (Wildman–Crippen MR) is 96.7 cm³/mol. The van der Waals surface area contributed by atoms with E-state index in [0.29, 0.717) is 31.0 Å². The maximum Gasteiger partial charge on any atom is 0.416 e. The molecule has 1 aromatic carbocycles. The molecule has 2 aromatic rings. The Labute approximate surface area is 157 Å². The number of rotatable bonds is 7. The summed E-state index contributed by atoms with van der Waals surface area (Å²) in [7, 11) is -1.78. The Kier molecular flexibility index (Phi) is 6.48. The Morgan fingerprint density at radius 1 is 1.00 bits per heavy atom. The summed E-state index contributed by atoms with van der Waals surface area (Å²) in [6, 6.07) is 8.11. The minimum Gasteiger partial charge on any atom is -0.260 e. The molecule has 0 aliphatic heterocycles. The van der Waals surface area contributed by atoms with Crippen LogP contribution >= 0.6 is 0 Å². The summed E-state index contributed by atoms with van der Waals surface area (Å²) in [6.07, 6.45) is -2.93. The molecule has 0 unspecified atom stereocenters. The molecule has 27 heavy (non-hydrogen) atoms. The van der Waals surface area contributed by atoms with Crippen LogP contribution < -0.4 is 9.88 Å². The van der Waals surface area contributed by atoms with Crippen molar-refractivity contribution in [2.45, 2.75) is 31.5 Å². The van der Waals surface area contributed by atoms with Crippen molar-refractivity contribution in [2.75, 3.05) is 25.0 Å². The molecule has 0 aliphatic rings. The van der Waals surface area contributed by atoms with Crippen LogP contribution in [0.3, 0.4) is 0 Å². The van der Waals surface area contributed by atoms with Gasteiger partial charge in [0.05, 0.1) is 12.6 Å². The fourth-order valence-corrected chi connectivity index (χ4v) is 4.10. The molecule has 0 atom stereocenters. The summed E-state index contributed by atoms with van der Waals surface area (Å²) in [4.78, 5) is 4.89. The summed E-state index contributed by atoms with van der Waals surface area (Å²) in [5.41, 5.74) is 0.0187. The number of aromatic nitrogens is 1. The van der Waals surface area contributed by atoms with Crippen LogP contribution in [0.5, 0.6) is 0 Å². The second kappa shape index (κ2) is 8.26. The number of aromatic amines is 1. The molecule has 1 aromatic heterocycles. The molecule has 0 fully saturated rings. The average Bonchev–Trinajstić information content (AvgIpc) is 2.62. The van der Waals surface area contributed by atoms with Crippen LogP contribution in [0.25, 0.3) is 0 Å². The number of pyridine rings is 1. The van der Waals surface area contributed by atoms with Gasteiger partial charge in [0.2, 0.25) is 10.0 Å². The van der Waals surface area contributed by atoms with Crippen LogP contribution in [0.2, 0.25) is 0 Å². The molecule has 5 nitrogen and oxygen atoms in total. The Bertz CT molecular complexity index is 847. The van der Waals surface area contributed by atoms with Crippen molar-refractivity contribution in [3.63, 3.8) is 0 Å². The van der Waals surface area contributed by atoms with Gasteiger partial charge in [-0.3, -0.25) is 4.90 Å². The molecular weight excluding hydrogens is 379 g/mol. The van der Waals surface area contributed by atoms with Gasteiger partial charge in [0.25, 0.3) is 5.82 Å². The molecule has 0 spiro atoms. The van der Waals surface area contributed by atoms with E-state index in [9.17, 15) is 21.6 Å². The number of nitrogens with zero attached hydrogens (tertiary/aromatic N) is 2. The highest BCUT2D eigenvalue weighted by Gasteiger charge is 2.30. The number of halogens is 3. The van der Waals surface area contributed by atoms with Gasteiger partial charge in [-0.2, -0.15) is 17.5 Å². The van der Waals surface area contributed by atoms with E-state index in [1.54, 1.807) is 31.9 Å². The van der Waals surface area contributed by atoms with Crippen molar-refractivity contribution in [1.29, 1.82) is 0 Å². The van der Waals surface area contributed by atoms with Gasteiger partial charge in [-0.15, -0.1) is 0 Å². The average molecular weight is 402 g/mol. The molecule has 9 heteroatoms. The molecule has 0 aliphatic carbocycles. The number of alkyl halides is 3. The number of H-pyrrole nitrogens is 1. The van der Waals surface area contributed by atoms with E-state index in [2.05, 4.69) is 4.98 Å². The lowest BCUT2D eigenvalue weighted by molar-refractivity contribution is -0.367. The fourth-order valence-electron chi connectivity index (χ4n) is 2.67. The lowest BCUT2D eigenvalue weighted by Gasteiger charge is -2.18. The summed E-state index contributed by atoms with van der Waals surface area (Å²) in [5, 5.41) is 0. The molecule has 148 valence electrons. The fraction of sp³-hybridized carbons (Fsp3) is 0.389. The number of anilines is 1. The Hall–Kier alpha value is -2.13. The number of sulfonamides is 1. The first kappa shape index (κ1) is 21.2. The third kappa shape index (κ3) is 4.98. The van der Waals surface area contributed by atoms with Crippen LogP contribution in [-0.2, 0) is 22.7 Å². The Morgan fingerprint density at radius 2 is 1.59 bits per heavy atom. The zero-order valence-corrected chi connectivity index (χ0v) is 16.2. The maximum atomic E-state index is 12.6. The summed E-state index contributed by atoms with van der Waals surface area (Å²) in [6.45, 7) is 4.69. The molecule has 0 saturated heterocycles. The maximum absolute atomic E-state index is 12.6. The third-order valence-electron chi connectivity index (χ3n) is 4.22. The van der Waals surface area contributed by atoms with Gasteiger partial charge < -0.3 is 0 Å². The molecule has 0 bridgehead atoms. The minimum atomic E-state index is -4.36. The first-order valence-electron chi connectivity index (χ1n) is 8.48. The van der Waals surface area contributed by atoms with Crippen molar-refractivity contribution >= 4 is 15.8 Å². The van der Waals surface area contributed by atoms with E-state index in [0.717, 1.165) is 12.1 Å². The van der Waals surface area contributed by atoms with Crippen LogP contribution in [0.4, 0.5) is 19.0 Å². The van der Waals surface area contributed by atoms with Gasteiger partial charge in [0.1, 0.15) is 17.6 Å². The highest BCUT2D eigenvalue weighted by Crippen LogP contribution is 2.29. The Balaban J connectivity index is 2.13. The molecular formula is C18H23F3N3O2S+. The van der Waals surface area contributed by atoms with Crippen LogP contribution in [0.1, 0.15) is 25.0 Å². The quantitative estimate of drug-likeness (QED) is 0.715. The van der Waals surface area contributed by atoms with Crippen LogP contribution in [0, 0.1) is 0 Å². The number of nitrogens with one attached hydrogen (secondary N) is 1. The van der Waals surface area contributed by atoms with Crippen molar-refractivity contribution in [3.05, 3.63) is 53.7 Å². The largest absolute Gasteiger partial charge is 0.416 e. The zero-order chi connectivity index (χ0) is 20.2. The zero-order valence-electron chi connectivity index (χ0n) is 15.4. The van der Waals surface area contributed by atoms with Crippen molar-refractivity contribution in [1.82, 2.24) is 4.31 Å². The molecule has 0 saturated carbocycles. The van der Waals surface area contributed by atoms with Gasteiger partial charge >= 0.3 is 6.18 Å². The van der Waals surface area contributed by atoms with E-state index in [-0.39, 0.29) is 4.90 Å². The van der Waals surface area contributed by atoms with E-state index >= 15 is 0 Å². The monoisotopic (exact) mass is 402 g/mol. The lowest BCUT2D eigenvalue weighted by Crippen LogP contribution is -2.32. The van der Waals surface area contributed by atoms with E-state index in [1.165, 1.54) is 28.7 Å². The van der Waals surface area contributed by atoms with Gasteiger partial charge in [0, 0.05) is 19.2 Å². The first-order valence-corrected chi connectivity index (χ1v) is 9.92. The SMILES string of the molecule is CCN(CC)S(=O)(=O)c1ccc(N(C)Cc2ccc(C(F)(F)F)cc2)[nH+]c1. The van der Waals surface area contributed by atoms with Gasteiger partial charge in [-0.1, -0.05) is 26.0 Å². The molecule has 0 amide bonds. The van der Waals surface area contributed by atoms with Crippen molar-refractivity contribution < 1.29 is 26.6 Å². The smallest absolute Gasteiger partial charge is 0.260 e. The number of hydrogen-bond donors (Lipinski definition) is 0. The second-order valence-corrected chi connectivity index (χ2v) is 7.99. The predicted octanol–water partition coefficient (Wildman–Crippen LogP) is 3.19. The van der Waals surface area contributed by atoms with E-state index in [1.807, 2.05) is 0 Å². The number of hydrogen-bond acceptors (Lipinski definition) is 3. The first-order chi connectivity index (χ1) is 12.6. The van der Waals surface area contributed by atoms with Gasteiger partial charge in [0.15, 0.2) is 0 Å². The standard InChI is InChI=1S/C18H22F3N3O2S/c1-4-24(5-2)27(25,26)16-10-11-17(22-12-16)23(3)13-14-6-8-15(9-7-14)18(19,20)21/h6-12H,4-5,13H2,1-3H3/p+1. The minimum absolute atomic E-state index is 0.165. The van der Waals surface area contributed by atoms with Crippen LogP contribution in [-0.4, -0.2) is 32.9 Å². The summed E-state index contributed by atoms with van der Waals surface area (Å²) in [5.74, 6) is 0.647. The third-order valence-corrected chi connectivity index (χ3v) is 6.27. The molecule has 1 heterocycles.